The van der Waals surface area contributed by atoms with Crippen LogP contribution in [0, 0.1) is 17.6 Å². The lowest BCUT2D eigenvalue weighted by atomic mass is 9.99. The summed E-state index contributed by atoms with van der Waals surface area (Å²) in [6.07, 6.45) is 5.04. The number of carboxylic acids is 1. The van der Waals surface area contributed by atoms with Gasteiger partial charge >= 0.3 is 16.3 Å². The fourth-order valence-electron chi connectivity index (χ4n) is 6.92. The number of nitrogens with one attached hydrogen (secondary N) is 1. The molecule has 6 heterocycles. The van der Waals surface area contributed by atoms with Gasteiger partial charge in [-0.25, -0.2) is 27.8 Å². The van der Waals surface area contributed by atoms with Crippen LogP contribution < -0.4 is 14.6 Å². The van der Waals surface area contributed by atoms with Crippen molar-refractivity contribution < 1.29 is 31.7 Å². The van der Waals surface area contributed by atoms with Gasteiger partial charge in [-0.15, -0.1) is 0 Å². The Kier molecular flexibility index (Phi) is 6.41. The van der Waals surface area contributed by atoms with Crippen molar-refractivity contribution in [3.63, 3.8) is 0 Å². The lowest BCUT2D eigenvalue weighted by molar-refractivity contribution is 0.0695. The van der Waals surface area contributed by atoms with Gasteiger partial charge < -0.3 is 24.5 Å². The molecule has 1 aromatic carbocycles. The highest BCUT2D eigenvalue weighted by Gasteiger charge is 2.42. The van der Waals surface area contributed by atoms with E-state index in [4.69, 9.17) is 0 Å². The third-order valence-corrected chi connectivity index (χ3v) is 9.89. The molecule has 2 aliphatic heterocycles. The summed E-state index contributed by atoms with van der Waals surface area (Å²) in [5.41, 5.74) is 0.126. The van der Waals surface area contributed by atoms with Crippen LogP contribution in [-0.2, 0) is 17.4 Å². The van der Waals surface area contributed by atoms with E-state index >= 15 is 8.78 Å². The average molecular weight is 640 g/mol. The van der Waals surface area contributed by atoms with Gasteiger partial charge in [0.15, 0.2) is 11.6 Å². The van der Waals surface area contributed by atoms with Crippen LogP contribution in [0.1, 0.15) is 16.8 Å². The molecule has 234 valence electrons. The van der Waals surface area contributed by atoms with Gasteiger partial charge in [-0.1, -0.05) is 0 Å². The van der Waals surface area contributed by atoms with Crippen molar-refractivity contribution in [1.82, 2.24) is 24.4 Å². The summed E-state index contributed by atoms with van der Waals surface area (Å²) in [6.45, 7) is 2.11. The maximum Gasteiger partial charge on any atom is 0.359 e. The molecule has 3 N–H and O–H groups in total. The van der Waals surface area contributed by atoms with E-state index in [2.05, 4.69) is 24.8 Å². The number of anilines is 2. The number of likely N-dealkylation sites (N-methyl/N-ethyl adjacent to an activating group) is 1. The van der Waals surface area contributed by atoms with E-state index in [1.54, 1.807) is 7.05 Å². The number of likely N-dealkylation sites (tertiary alicyclic amines) is 1. The first-order valence-corrected chi connectivity index (χ1v) is 15.4. The highest BCUT2D eigenvalue weighted by atomic mass is 32.2. The minimum absolute atomic E-state index is 0.000724. The van der Waals surface area contributed by atoms with Crippen LogP contribution >= 0.6 is 0 Å². The van der Waals surface area contributed by atoms with Crippen molar-refractivity contribution in [3.8, 4) is 11.1 Å². The maximum absolute atomic E-state index is 15.9. The normalized spacial score (nSPS) is 18.8. The van der Waals surface area contributed by atoms with Crippen molar-refractivity contribution in [2.45, 2.75) is 12.5 Å². The molecule has 0 spiro atoms. The number of carboxylic acid groups (broad SMARTS) is 1. The van der Waals surface area contributed by atoms with Crippen LogP contribution in [0.2, 0.25) is 0 Å². The highest BCUT2D eigenvalue weighted by molar-refractivity contribution is 7.87. The summed E-state index contributed by atoms with van der Waals surface area (Å²) in [5, 5.41) is 9.59. The number of rotatable bonds is 5. The number of H-pyrrole nitrogens is 1. The van der Waals surface area contributed by atoms with Crippen LogP contribution in [-0.4, -0.2) is 88.2 Å². The average Bonchev–Trinajstić information content (AvgIpc) is 3.67. The molecule has 0 radical (unpaired) electrons. The number of aromatic amines is 1. The molecule has 2 atom stereocenters. The minimum atomic E-state index is -4.84. The Hall–Kier alpha value is -4.67. The Balaban J connectivity index is 1.58. The molecular weight excluding hydrogens is 612 g/mol. The summed E-state index contributed by atoms with van der Waals surface area (Å²) in [7, 11) is -0.253. The first kappa shape index (κ1) is 29.1. The smallest absolute Gasteiger partial charge is 0.359 e. The van der Waals surface area contributed by atoms with Crippen LogP contribution in [0.15, 0.2) is 35.5 Å². The zero-order valence-electron chi connectivity index (χ0n) is 24.2. The number of hydrogen-bond donors (Lipinski definition) is 3. The maximum atomic E-state index is 15.9. The molecule has 13 nitrogen and oxygen atoms in total. The molecule has 0 aliphatic carbocycles. The third-order valence-electron chi connectivity index (χ3n) is 9.00. The van der Waals surface area contributed by atoms with Crippen molar-refractivity contribution in [1.29, 1.82) is 0 Å². The largest absolute Gasteiger partial charge is 0.477 e. The Morgan fingerprint density at radius 2 is 1.89 bits per heavy atom. The number of aromatic carboxylic acids is 1. The van der Waals surface area contributed by atoms with Gasteiger partial charge in [-0.2, -0.15) is 8.42 Å². The van der Waals surface area contributed by atoms with Crippen LogP contribution in [0.5, 0.6) is 0 Å². The molecule has 5 aromatic rings. The number of aryl methyl sites for hydroxylation is 1. The lowest BCUT2D eigenvalue weighted by Crippen LogP contribution is -2.35. The van der Waals surface area contributed by atoms with E-state index in [0.717, 1.165) is 20.0 Å². The standard InChI is InChI=1S/C29H27F2N7O6S/c1-35-10-13-4-5-38(20(13)12-35)25-16(14-6-15-26(39)17(29(40)41)11-36(2)28(15)33-8-14)9-32-27-22(25)21-23(31)18(30)7-19(24(21)34-27)37(3)45(42,43)44/h6-9,11,13,20H,4-5,10,12H2,1-3H3,(H,32,34)(H,40,41)(H,42,43,44)/t13-,20+/m1/s1. The van der Waals surface area contributed by atoms with Gasteiger partial charge in [0.2, 0.25) is 5.43 Å². The van der Waals surface area contributed by atoms with E-state index in [-0.39, 0.29) is 44.7 Å². The molecule has 0 amide bonds. The molecule has 7 rings (SSSR count). The van der Waals surface area contributed by atoms with Gasteiger partial charge in [0.1, 0.15) is 16.9 Å². The fourth-order valence-corrected chi connectivity index (χ4v) is 7.31. The number of carbonyl (C=O) groups is 1. The monoisotopic (exact) mass is 639 g/mol. The van der Waals surface area contributed by atoms with Crippen molar-refractivity contribution in [2.75, 3.05) is 42.9 Å². The Labute approximate surface area is 254 Å². The third kappa shape index (κ3) is 4.34. The number of aromatic nitrogens is 4. The predicted octanol–water partition coefficient (Wildman–Crippen LogP) is 2.99. The van der Waals surface area contributed by atoms with Gasteiger partial charge in [-0.05, 0) is 25.5 Å². The summed E-state index contributed by atoms with van der Waals surface area (Å²) in [4.78, 5) is 41.2. The van der Waals surface area contributed by atoms with E-state index in [0.29, 0.717) is 46.2 Å². The molecule has 45 heavy (non-hydrogen) atoms. The molecule has 2 aliphatic rings. The van der Waals surface area contributed by atoms with Gasteiger partial charge in [0.05, 0.1) is 33.1 Å². The lowest BCUT2D eigenvalue weighted by Gasteiger charge is -2.29. The topological polar surface area (TPSA) is 165 Å². The molecule has 2 fully saturated rings. The van der Waals surface area contributed by atoms with E-state index in [1.807, 2.05) is 7.05 Å². The zero-order valence-corrected chi connectivity index (χ0v) is 25.1. The molecule has 4 aromatic heterocycles. The summed E-state index contributed by atoms with van der Waals surface area (Å²) in [5.74, 6) is -3.66. The number of hydrogen-bond acceptors (Lipinski definition) is 8. The van der Waals surface area contributed by atoms with Gasteiger partial charge in [0, 0.05) is 75.6 Å². The SMILES string of the molecule is CN1C[C@H]2CCN(c3c(-c4cnc5c(c4)c(=O)c(C(=O)O)cn5C)cnc4[nH]c5c(N(C)S(=O)(=O)O)cc(F)c(F)c5c34)[C@H]2C1. The molecule has 0 bridgehead atoms. The summed E-state index contributed by atoms with van der Waals surface area (Å²) >= 11 is 0. The number of nitrogens with zero attached hydrogens (tertiary/aromatic N) is 6. The van der Waals surface area contributed by atoms with Crippen LogP contribution in [0.3, 0.4) is 0 Å². The predicted molar refractivity (Wildman–Crippen MR) is 163 cm³/mol. The Morgan fingerprint density at radius 3 is 2.60 bits per heavy atom. The van der Waals surface area contributed by atoms with E-state index in [1.165, 1.54) is 29.2 Å². The molecule has 2 saturated heterocycles. The van der Waals surface area contributed by atoms with E-state index < -0.39 is 38.9 Å². The quantitative estimate of drug-likeness (QED) is 0.244. The second-order valence-corrected chi connectivity index (χ2v) is 13.1. The van der Waals surface area contributed by atoms with Crippen LogP contribution in [0.25, 0.3) is 44.1 Å². The summed E-state index contributed by atoms with van der Waals surface area (Å²) in [6, 6.07) is 2.20. The van der Waals surface area contributed by atoms with Crippen LogP contribution in [0.4, 0.5) is 20.2 Å². The molecule has 16 heteroatoms. The minimum Gasteiger partial charge on any atom is -0.477 e. The number of benzene rings is 1. The van der Waals surface area contributed by atoms with E-state index in [9.17, 15) is 27.7 Å². The molecule has 0 saturated carbocycles. The first-order chi connectivity index (χ1) is 21.3. The Bertz CT molecular complexity index is 2270. The number of halogens is 2. The summed E-state index contributed by atoms with van der Waals surface area (Å²) < 4.78 is 66.7. The van der Waals surface area contributed by atoms with Crippen molar-refractivity contribution in [3.05, 3.63) is 58.1 Å². The first-order valence-electron chi connectivity index (χ1n) is 14.0. The number of fused-ring (bicyclic) bond motifs is 5. The highest BCUT2D eigenvalue weighted by Crippen LogP contribution is 2.47. The second kappa shape index (κ2) is 9.92. The van der Waals surface area contributed by atoms with Crippen molar-refractivity contribution >= 4 is 60.6 Å². The van der Waals surface area contributed by atoms with Crippen molar-refractivity contribution in [2.24, 2.45) is 13.0 Å². The Morgan fingerprint density at radius 1 is 1.13 bits per heavy atom. The molecule has 0 unspecified atom stereocenters. The number of pyridine rings is 3. The fraction of sp³-hybridized carbons (Fsp3) is 0.310. The second-order valence-electron chi connectivity index (χ2n) is 11.7. The molecular formula is C29H27F2N7O6S. The van der Waals surface area contributed by atoms with Gasteiger partial charge in [-0.3, -0.25) is 9.35 Å². The van der Waals surface area contributed by atoms with Gasteiger partial charge in [0.25, 0.3) is 0 Å². The zero-order chi connectivity index (χ0) is 32.1.